The second-order valence-corrected chi connectivity index (χ2v) is 10.0. The average Bonchev–Trinajstić information content (AvgIpc) is 3.53. The fraction of sp³-hybridized carbons (Fsp3) is 0.267. The van der Waals surface area contributed by atoms with Gasteiger partial charge >= 0.3 is 0 Å². The van der Waals surface area contributed by atoms with Crippen LogP contribution in [-0.4, -0.2) is 55.8 Å². The lowest BCUT2D eigenvalue weighted by atomic mass is 10.0. The Labute approximate surface area is 236 Å². The molecule has 0 radical (unpaired) electrons. The number of pyridine rings is 1. The number of nitrogens with one attached hydrogen (secondary N) is 3. The number of carbonyl (C=O) groups excluding carboxylic acids is 2. The summed E-state index contributed by atoms with van der Waals surface area (Å²) in [7, 11) is 1.90. The molecule has 41 heavy (non-hydrogen) atoms. The Morgan fingerprint density at radius 2 is 1.98 bits per heavy atom. The molecule has 0 fully saturated rings. The highest BCUT2D eigenvalue weighted by Gasteiger charge is 2.18. The van der Waals surface area contributed by atoms with E-state index >= 15 is 0 Å². The molecule has 5 aromatic rings. The summed E-state index contributed by atoms with van der Waals surface area (Å²) in [6.45, 7) is 2.64. The molecule has 2 atom stereocenters. The van der Waals surface area contributed by atoms with Gasteiger partial charge in [-0.15, -0.1) is 5.10 Å². The van der Waals surface area contributed by atoms with Gasteiger partial charge in [-0.05, 0) is 72.9 Å². The molecule has 0 aliphatic carbocycles. The Kier molecular flexibility index (Phi) is 8.25. The molecule has 11 heteroatoms. The summed E-state index contributed by atoms with van der Waals surface area (Å²) in [4.78, 5) is 28.2. The zero-order valence-corrected chi connectivity index (χ0v) is 22.8. The van der Waals surface area contributed by atoms with E-state index in [1.807, 2.05) is 55.1 Å². The number of fused-ring (bicyclic) bond motifs is 2. The van der Waals surface area contributed by atoms with Gasteiger partial charge in [0, 0.05) is 43.4 Å². The number of hydrogen-bond acceptors (Lipinski definition) is 6. The van der Waals surface area contributed by atoms with Crippen LogP contribution in [-0.2, 0) is 11.8 Å². The summed E-state index contributed by atoms with van der Waals surface area (Å²) in [5, 5.41) is 23.7. The Bertz CT molecular complexity index is 1700. The summed E-state index contributed by atoms with van der Waals surface area (Å²) in [5.74, 6) is -0.0980. The summed E-state index contributed by atoms with van der Waals surface area (Å²) >= 11 is 0. The summed E-state index contributed by atoms with van der Waals surface area (Å²) in [6.07, 6.45) is 4.85. The number of halogens is 1. The van der Waals surface area contributed by atoms with Crippen LogP contribution in [0.3, 0.4) is 0 Å². The van der Waals surface area contributed by atoms with Gasteiger partial charge < -0.3 is 25.6 Å². The van der Waals surface area contributed by atoms with E-state index in [1.54, 1.807) is 22.8 Å². The molecule has 0 aliphatic rings. The predicted molar refractivity (Wildman–Crippen MR) is 155 cm³/mol. The Morgan fingerprint density at radius 3 is 2.78 bits per heavy atom. The van der Waals surface area contributed by atoms with Crippen molar-refractivity contribution in [2.75, 3.05) is 18.4 Å². The number of rotatable bonds is 12. The maximum atomic E-state index is 13.7. The number of nitrogens with zero attached hydrogens (tertiary/aromatic N) is 4. The first kappa shape index (κ1) is 27.8. The summed E-state index contributed by atoms with van der Waals surface area (Å²) in [5.41, 5.74) is 4.66. The van der Waals surface area contributed by atoms with Crippen LogP contribution in [0.1, 0.15) is 41.7 Å². The lowest BCUT2D eigenvalue weighted by Crippen LogP contribution is -2.26. The summed E-state index contributed by atoms with van der Waals surface area (Å²) < 4.78 is 17.3. The monoisotopic (exact) mass is 557 g/mol. The molecule has 4 N–H and O–H groups in total. The standard InChI is InChI=1S/C30H32FN7O3/c1-19(20-5-3-6-23(31)13-20)34-29(41)26-17-37(2)27-9-8-21(14-25(26)27)22-10-12-38-28(15-22)35-30(36-38)33-11-4-7-24(40)16-32-18-39/h3,5-6,8-10,12-15,17-19,24,40H,4,7,11,16H2,1-2H3,(H,32,39)(H,33,36)(H,34,41). The van der Waals surface area contributed by atoms with Gasteiger partial charge in [0.25, 0.3) is 5.91 Å². The van der Waals surface area contributed by atoms with E-state index in [4.69, 9.17) is 0 Å². The van der Waals surface area contributed by atoms with E-state index in [0.717, 1.165) is 22.0 Å². The van der Waals surface area contributed by atoms with Crippen LogP contribution < -0.4 is 16.0 Å². The first-order valence-corrected chi connectivity index (χ1v) is 13.4. The molecule has 0 bridgehead atoms. The molecule has 0 saturated heterocycles. The molecule has 2 unspecified atom stereocenters. The first-order chi connectivity index (χ1) is 19.8. The van der Waals surface area contributed by atoms with Crippen molar-refractivity contribution in [3.8, 4) is 11.1 Å². The number of aliphatic hydroxyl groups excluding tert-OH is 1. The largest absolute Gasteiger partial charge is 0.391 e. The number of aromatic nitrogens is 4. The van der Waals surface area contributed by atoms with Gasteiger partial charge in [-0.25, -0.2) is 8.91 Å². The third-order valence-electron chi connectivity index (χ3n) is 7.04. The van der Waals surface area contributed by atoms with Crippen LogP contribution in [0.5, 0.6) is 0 Å². The number of amides is 2. The second kappa shape index (κ2) is 12.2. The van der Waals surface area contributed by atoms with Crippen LogP contribution in [0.25, 0.3) is 27.7 Å². The molecule has 10 nitrogen and oxygen atoms in total. The predicted octanol–water partition coefficient (Wildman–Crippen LogP) is 3.82. The average molecular weight is 558 g/mol. The number of benzene rings is 2. The van der Waals surface area contributed by atoms with E-state index in [9.17, 15) is 19.1 Å². The molecule has 3 heterocycles. The van der Waals surface area contributed by atoms with Gasteiger partial charge in [-0.3, -0.25) is 9.59 Å². The Morgan fingerprint density at radius 1 is 1.15 bits per heavy atom. The molecule has 2 aromatic carbocycles. The van der Waals surface area contributed by atoms with E-state index in [1.165, 1.54) is 12.1 Å². The minimum atomic E-state index is -0.594. The van der Waals surface area contributed by atoms with Crippen LogP contribution in [0.2, 0.25) is 0 Å². The SMILES string of the molecule is CC(NC(=O)c1cn(C)c2ccc(-c3ccn4nc(NCCCC(O)CNC=O)nc4c3)cc12)c1cccc(F)c1. The number of carbonyl (C=O) groups is 2. The number of hydrogen-bond donors (Lipinski definition) is 4. The Balaban J connectivity index is 1.32. The van der Waals surface area contributed by atoms with Crippen LogP contribution >= 0.6 is 0 Å². The van der Waals surface area contributed by atoms with Gasteiger partial charge in [0.15, 0.2) is 5.65 Å². The molecular formula is C30H32FN7O3. The second-order valence-electron chi connectivity index (χ2n) is 10.0. The molecule has 0 spiro atoms. The minimum absolute atomic E-state index is 0.230. The highest BCUT2D eigenvalue weighted by atomic mass is 19.1. The lowest BCUT2D eigenvalue weighted by Gasteiger charge is -2.14. The van der Waals surface area contributed by atoms with E-state index in [-0.39, 0.29) is 24.3 Å². The fourth-order valence-corrected chi connectivity index (χ4v) is 4.85. The first-order valence-electron chi connectivity index (χ1n) is 13.4. The van der Waals surface area contributed by atoms with E-state index < -0.39 is 6.10 Å². The molecule has 0 aliphatic heterocycles. The molecular weight excluding hydrogens is 525 g/mol. The van der Waals surface area contributed by atoms with E-state index in [0.29, 0.717) is 48.5 Å². The number of aryl methyl sites for hydroxylation is 1. The molecule has 5 rings (SSSR count). The van der Waals surface area contributed by atoms with Crippen LogP contribution in [0.4, 0.5) is 10.3 Å². The third-order valence-corrected chi connectivity index (χ3v) is 7.04. The topological polar surface area (TPSA) is 126 Å². The maximum absolute atomic E-state index is 13.7. The fourth-order valence-electron chi connectivity index (χ4n) is 4.85. The zero-order valence-electron chi connectivity index (χ0n) is 22.8. The van der Waals surface area contributed by atoms with Gasteiger partial charge in [-0.1, -0.05) is 18.2 Å². The zero-order chi connectivity index (χ0) is 28.9. The third kappa shape index (κ3) is 6.36. The summed E-state index contributed by atoms with van der Waals surface area (Å²) in [6, 6.07) is 15.7. The molecule has 212 valence electrons. The van der Waals surface area contributed by atoms with Crippen molar-refractivity contribution in [3.63, 3.8) is 0 Å². The highest BCUT2D eigenvalue weighted by Crippen LogP contribution is 2.29. The smallest absolute Gasteiger partial charge is 0.253 e. The van der Waals surface area contributed by atoms with Gasteiger partial charge in [0.05, 0.1) is 17.7 Å². The maximum Gasteiger partial charge on any atom is 0.253 e. The van der Waals surface area contributed by atoms with E-state index in [2.05, 4.69) is 26.0 Å². The van der Waals surface area contributed by atoms with Crippen molar-refractivity contribution < 1.29 is 19.1 Å². The Hall–Kier alpha value is -4.77. The van der Waals surface area contributed by atoms with Crippen molar-refractivity contribution in [1.29, 1.82) is 0 Å². The molecule has 2 amide bonds. The van der Waals surface area contributed by atoms with Gasteiger partial charge in [0.1, 0.15) is 5.82 Å². The minimum Gasteiger partial charge on any atom is -0.391 e. The molecule has 3 aromatic heterocycles. The van der Waals surface area contributed by atoms with Gasteiger partial charge in [-0.2, -0.15) is 4.98 Å². The molecule has 0 saturated carbocycles. The van der Waals surface area contributed by atoms with Crippen molar-refractivity contribution in [1.82, 2.24) is 29.8 Å². The van der Waals surface area contributed by atoms with Crippen molar-refractivity contribution >= 4 is 34.8 Å². The van der Waals surface area contributed by atoms with Crippen molar-refractivity contribution in [2.45, 2.75) is 31.9 Å². The quantitative estimate of drug-likeness (QED) is 0.137. The lowest BCUT2D eigenvalue weighted by molar-refractivity contribution is -0.110. The van der Waals surface area contributed by atoms with Crippen LogP contribution in [0.15, 0.2) is 67.0 Å². The van der Waals surface area contributed by atoms with Crippen molar-refractivity contribution in [2.24, 2.45) is 7.05 Å². The number of aliphatic hydroxyl groups is 1. The highest BCUT2D eigenvalue weighted by molar-refractivity contribution is 6.08. The van der Waals surface area contributed by atoms with Gasteiger partial charge in [0.2, 0.25) is 12.4 Å². The number of anilines is 1. The van der Waals surface area contributed by atoms with Crippen LogP contribution in [0, 0.1) is 5.82 Å². The normalized spacial score (nSPS) is 12.8. The van der Waals surface area contributed by atoms with Crippen molar-refractivity contribution in [3.05, 3.63) is 83.9 Å².